The maximum atomic E-state index is 12.2. The van der Waals surface area contributed by atoms with E-state index in [1.54, 1.807) is 24.3 Å². The zero-order valence-electron chi connectivity index (χ0n) is 11.5. The van der Waals surface area contributed by atoms with Gasteiger partial charge >= 0.3 is 35.6 Å². The zero-order chi connectivity index (χ0) is 15.4. The summed E-state index contributed by atoms with van der Waals surface area (Å²) in [6, 6.07) is 3.88. The van der Waals surface area contributed by atoms with Gasteiger partial charge in [0.1, 0.15) is 12.1 Å². The Morgan fingerprint density at radius 3 is 2.45 bits per heavy atom. The van der Waals surface area contributed by atoms with Crippen LogP contribution in [0.15, 0.2) is 24.3 Å². The summed E-state index contributed by atoms with van der Waals surface area (Å²) in [6.07, 6.45) is 0. The molecule has 2 aliphatic heterocycles. The van der Waals surface area contributed by atoms with Gasteiger partial charge in [0, 0.05) is 0 Å². The monoisotopic (exact) mass is 335 g/mol. The summed E-state index contributed by atoms with van der Waals surface area (Å²) in [6.45, 7) is 0.0129. The Bertz CT molecular complexity index is 739. The fourth-order valence-electron chi connectivity index (χ4n) is 2.76. The van der Waals surface area contributed by atoms with Crippen molar-refractivity contribution in [1.29, 1.82) is 0 Å². The van der Waals surface area contributed by atoms with Crippen molar-refractivity contribution in [3.8, 4) is 0 Å². The molecule has 0 aromatic heterocycles. The molecule has 0 spiro atoms. The number of carbonyl (C=O) groups is 2. The van der Waals surface area contributed by atoms with Gasteiger partial charge in [-0.15, -0.1) is 0 Å². The van der Waals surface area contributed by atoms with Crippen LogP contribution in [0.3, 0.4) is 0 Å². The average molecular weight is 335 g/mol. The number of primary amides is 1. The largest absolute Gasteiger partial charge is 1.00 e. The molecule has 11 heteroatoms. The summed E-state index contributed by atoms with van der Waals surface area (Å²) in [5, 5.41) is 0.476. The van der Waals surface area contributed by atoms with E-state index in [0.717, 1.165) is 4.90 Å². The van der Waals surface area contributed by atoms with Crippen LogP contribution in [0.25, 0.3) is 0 Å². The van der Waals surface area contributed by atoms with E-state index in [1.165, 1.54) is 0 Å². The minimum absolute atomic E-state index is 0. The number of nitrogens with two attached hydrogens (primary N) is 1. The Hall–Kier alpha value is -1.17. The van der Waals surface area contributed by atoms with Gasteiger partial charge in [-0.3, -0.25) is 4.79 Å². The minimum Gasteiger partial charge on any atom is -0.724 e. The molecule has 2 bridgehead atoms. The van der Waals surface area contributed by atoms with Gasteiger partial charge in [-0.05, 0) is 11.1 Å². The Morgan fingerprint density at radius 2 is 1.91 bits per heavy atom. The minimum atomic E-state index is -5.11. The quantitative estimate of drug-likeness (QED) is 0.345. The van der Waals surface area contributed by atoms with Crippen molar-refractivity contribution in [1.82, 2.24) is 9.96 Å². The van der Waals surface area contributed by atoms with Gasteiger partial charge in [-0.25, -0.2) is 13.2 Å². The van der Waals surface area contributed by atoms with E-state index >= 15 is 0 Å². The molecule has 0 aliphatic carbocycles. The summed E-state index contributed by atoms with van der Waals surface area (Å²) in [5.41, 5.74) is 6.34. The van der Waals surface area contributed by atoms with Crippen molar-refractivity contribution in [3.63, 3.8) is 0 Å². The van der Waals surface area contributed by atoms with Crippen LogP contribution in [0, 0.1) is 0 Å². The predicted molar refractivity (Wildman–Crippen MR) is 65.8 cm³/mol. The predicted octanol–water partition coefficient (Wildman–Crippen LogP) is -3.60. The van der Waals surface area contributed by atoms with Crippen LogP contribution >= 0.6 is 0 Å². The van der Waals surface area contributed by atoms with Crippen molar-refractivity contribution in [3.05, 3.63) is 35.4 Å². The summed E-state index contributed by atoms with van der Waals surface area (Å²) < 4.78 is 36.5. The molecule has 0 radical (unpaired) electrons. The second-order valence-corrected chi connectivity index (χ2v) is 5.66. The number of carbonyl (C=O) groups excluding carboxylic acids is 2. The first-order chi connectivity index (χ1) is 9.79. The normalized spacial score (nSPS) is 23.0. The van der Waals surface area contributed by atoms with Gasteiger partial charge in [0.15, 0.2) is 0 Å². The van der Waals surface area contributed by atoms with Crippen LogP contribution in [0.4, 0.5) is 4.79 Å². The van der Waals surface area contributed by atoms with E-state index in [1.807, 2.05) is 0 Å². The molecule has 2 atom stereocenters. The van der Waals surface area contributed by atoms with Gasteiger partial charge in [-0.1, -0.05) is 24.3 Å². The first-order valence-electron chi connectivity index (χ1n) is 5.93. The first kappa shape index (κ1) is 17.2. The first-order valence-corrected chi connectivity index (χ1v) is 7.26. The number of hydroxylamine groups is 2. The number of urea groups is 1. The standard InChI is InChI=1S/C11H11N3O6S.Na/c12-10(15)9-7-4-2-1-3-6(7)8-5-13(9)11(16)14(8)20-21(17,18)19;/h1-4,8-9H,5H2,(H2,12,15)(H,17,18,19);/q;+1/p-1/t8-,9+;/m1./s1. The molecular formula is C11H10N3NaO6S. The number of benzene rings is 1. The molecule has 3 rings (SSSR count). The summed E-state index contributed by atoms with van der Waals surface area (Å²) in [7, 11) is -5.11. The molecule has 2 N–H and O–H groups in total. The van der Waals surface area contributed by atoms with Gasteiger partial charge in [0.2, 0.25) is 16.3 Å². The third-order valence-corrected chi connectivity index (χ3v) is 3.83. The summed E-state index contributed by atoms with van der Waals surface area (Å²) >= 11 is 0. The van der Waals surface area contributed by atoms with Gasteiger partial charge in [0.25, 0.3) is 0 Å². The van der Waals surface area contributed by atoms with E-state index in [9.17, 15) is 22.6 Å². The fourth-order valence-corrected chi connectivity index (χ4v) is 3.12. The van der Waals surface area contributed by atoms with E-state index in [4.69, 9.17) is 5.73 Å². The van der Waals surface area contributed by atoms with Crippen LogP contribution in [0.1, 0.15) is 23.2 Å². The van der Waals surface area contributed by atoms with E-state index in [-0.39, 0.29) is 36.1 Å². The van der Waals surface area contributed by atoms with Crippen LogP contribution in [0.2, 0.25) is 0 Å². The molecule has 112 valence electrons. The third kappa shape index (κ3) is 2.73. The van der Waals surface area contributed by atoms with Crippen LogP contribution in [0.5, 0.6) is 0 Å². The smallest absolute Gasteiger partial charge is 0.724 e. The second kappa shape index (κ2) is 5.80. The van der Waals surface area contributed by atoms with Crippen molar-refractivity contribution >= 4 is 22.3 Å². The number of nitrogens with zero attached hydrogens (tertiary/aromatic N) is 2. The third-order valence-electron chi connectivity index (χ3n) is 3.49. The summed E-state index contributed by atoms with van der Waals surface area (Å²) in [4.78, 5) is 24.9. The van der Waals surface area contributed by atoms with Gasteiger partial charge in [0.05, 0.1) is 6.54 Å². The van der Waals surface area contributed by atoms with Crippen molar-refractivity contribution in [2.75, 3.05) is 6.54 Å². The van der Waals surface area contributed by atoms with Crippen molar-refractivity contribution in [2.24, 2.45) is 5.73 Å². The molecule has 0 unspecified atom stereocenters. The summed E-state index contributed by atoms with van der Waals surface area (Å²) in [5.74, 6) is -0.749. The second-order valence-electron chi connectivity index (χ2n) is 4.69. The molecule has 1 aromatic carbocycles. The Morgan fingerprint density at radius 1 is 1.32 bits per heavy atom. The number of fused-ring (bicyclic) bond motifs is 4. The van der Waals surface area contributed by atoms with Crippen LogP contribution in [-0.2, 0) is 19.5 Å². The molecule has 1 saturated heterocycles. The molecule has 9 nitrogen and oxygen atoms in total. The Kier molecular flexibility index (Phi) is 4.53. The SMILES string of the molecule is NC(=O)[C@@H]1c2ccccc2[C@H]2CN1C(=O)N2OS(=O)(=O)[O-].[Na+]. The molecule has 22 heavy (non-hydrogen) atoms. The molecular weight excluding hydrogens is 325 g/mol. The van der Waals surface area contributed by atoms with Crippen LogP contribution in [-0.4, -0.2) is 41.4 Å². The number of hydrogen-bond acceptors (Lipinski definition) is 6. The molecule has 0 saturated carbocycles. The number of amides is 3. The van der Waals surface area contributed by atoms with Gasteiger partial charge in [-0.2, -0.15) is 9.35 Å². The number of hydrogen-bond donors (Lipinski definition) is 1. The molecule has 2 heterocycles. The molecule has 1 fully saturated rings. The van der Waals surface area contributed by atoms with Gasteiger partial charge < -0.3 is 15.2 Å². The molecule has 2 aliphatic rings. The molecule has 3 amide bonds. The van der Waals surface area contributed by atoms with Crippen LogP contribution < -0.4 is 35.3 Å². The Labute approximate surface area is 148 Å². The fraction of sp³-hybridized carbons (Fsp3) is 0.273. The van der Waals surface area contributed by atoms with E-state index in [0.29, 0.717) is 16.2 Å². The van der Waals surface area contributed by atoms with E-state index in [2.05, 4.69) is 4.28 Å². The van der Waals surface area contributed by atoms with Crippen molar-refractivity contribution in [2.45, 2.75) is 12.1 Å². The van der Waals surface area contributed by atoms with E-state index < -0.39 is 34.4 Å². The Balaban J connectivity index is 0.00000176. The molecule has 1 aromatic rings. The average Bonchev–Trinajstić information content (AvgIpc) is 2.64. The zero-order valence-corrected chi connectivity index (χ0v) is 14.3. The topological polar surface area (TPSA) is 133 Å². The maximum absolute atomic E-state index is 12.2. The number of rotatable bonds is 3. The maximum Gasteiger partial charge on any atom is 1.00 e. The van der Waals surface area contributed by atoms with Crippen molar-refractivity contribution < 1.29 is 56.4 Å².